The fourth-order valence-corrected chi connectivity index (χ4v) is 11.8. The van der Waals surface area contributed by atoms with E-state index in [0.717, 1.165) is 57.8 Å². The van der Waals surface area contributed by atoms with E-state index in [2.05, 4.69) is 84.1 Å². The largest absolute Gasteiger partial charge is 0.412 e. The lowest BCUT2D eigenvalue weighted by atomic mass is 9.69. The van der Waals surface area contributed by atoms with E-state index in [1.54, 1.807) is 0 Å². The lowest BCUT2D eigenvalue weighted by Gasteiger charge is -2.39. The second-order valence-electron chi connectivity index (χ2n) is 16.2. The van der Waals surface area contributed by atoms with Gasteiger partial charge in [0.05, 0.1) is 31.1 Å². The Morgan fingerprint density at radius 2 is 1.70 bits per heavy atom. The molecule has 1 aromatic rings. The fraction of sp³-hybridized carbons (Fsp3) is 0.711. The number of carbonyl (C=O) groups excluding carboxylic acids is 1. The SMILES string of the molecule is CC1(C)[C@@H]2CC[C@]13CS(=O)(=O)N(C(=O)/C=C/CC/C=C\CCCCCC[C@H](COCc1ccccc1)O[Si](C)(C)C(C)(C)C)[C@@H]3C2. The molecule has 0 aromatic heterocycles. The first-order chi connectivity index (χ1) is 21.6. The smallest absolute Gasteiger partial charge is 0.259 e. The van der Waals surface area contributed by atoms with Crippen LogP contribution >= 0.6 is 0 Å². The molecule has 3 aliphatic rings. The maximum Gasteiger partial charge on any atom is 0.259 e. The van der Waals surface area contributed by atoms with Crippen molar-refractivity contribution in [1.82, 2.24) is 4.31 Å². The van der Waals surface area contributed by atoms with E-state index in [9.17, 15) is 13.2 Å². The summed E-state index contributed by atoms with van der Waals surface area (Å²) in [6.07, 6.45) is 19.1. The number of fused-ring (bicyclic) bond motifs is 1. The van der Waals surface area contributed by atoms with E-state index >= 15 is 0 Å². The summed E-state index contributed by atoms with van der Waals surface area (Å²) in [5.74, 6) is 0.291. The number of nitrogens with zero attached hydrogens (tertiary/aromatic N) is 1. The lowest BCUT2D eigenvalue weighted by Crippen LogP contribution is -2.45. The van der Waals surface area contributed by atoms with Crippen LogP contribution < -0.4 is 0 Å². The Morgan fingerprint density at radius 1 is 1.02 bits per heavy atom. The van der Waals surface area contributed by atoms with Gasteiger partial charge in [-0.05, 0) is 86.4 Å². The molecule has 2 saturated carbocycles. The van der Waals surface area contributed by atoms with E-state index in [-0.39, 0.29) is 39.7 Å². The number of hydrogen-bond donors (Lipinski definition) is 0. The zero-order valence-corrected chi connectivity index (χ0v) is 31.5. The van der Waals surface area contributed by atoms with Crippen molar-refractivity contribution in [3.05, 3.63) is 60.2 Å². The van der Waals surface area contributed by atoms with Gasteiger partial charge in [0, 0.05) is 11.5 Å². The summed E-state index contributed by atoms with van der Waals surface area (Å²) >= 11 is 0. The Kier molecular flexibility index (Phi) is 12.3. The number of sulfonamides is 1. The molecule has 3 fully saturated rings. The third-order valence-corrected chi connectivity index (χ3v) is 18.3. The molecule has 1 aromatic carbocycles. The average Bonchev–Trinajstić information content (AvgIpc) is 3.45. The standard InChI is InChI=1S/C38H61NO5SSi/c1-36(2,3)46(6,7)44-33(29-43-28-31-21-17-16-18-22-31)23-19-14-12-10-8-9-11-13-15-20-24-35(40)39-34-27-32-25-26-38(34,37(32,4)5)30-45(39,41)42/h9,11,16-18,20-22,24,32-34H,8,10,12-15,19,23,25-30H2,1-7H3/b11-9-,24-20+/t32-,33-,34-,38-/m1/s1. The average molecular weight is 672 g/mol. The third kappa shape index (κ3) is 8.45. The topological polar surface area (TPSA) is 72.9 Å². The van der Waals surface area contributed by atoms with Gasteiger partial charge in [-0.1, -0.05) is 102 Å². The maximum absolute atomic E-state index is 13.1. The molecule has 0 radical (unpaired) electrons. The van der Waals surface area contributed by atoms with Gasteiger partial charge in [-0.15, -0.1) is 0 Å². The molecule has 1 aliphatic heterocycles. The van der Waals surface area contributed by atoms with Crippen molar-refractivity contribution in [2.75, 3.05) is 12.4 Å². The van der Waals surface area contributed by atoms with Gasteiger partial charge >= 0.3 is 0 Å². The highest BCUT2D eigenvalue weighted by molar-refractivity contribution is 7.90. The van der Waals surface area contributed by atoms with Crippen LogP contribution in [0.15, 0.2) is 54.6 Å². The second kappa shape index (κ2) is 15.2. The minimum absolute atomic E-state index is 0.0204. The first-order valence-electron chi connectivity index (χ1n) is 17.8. The van der Waals surface area contributed by atoms with Crippen LogP contribution in [0.4, 0.5) is 0 Å². The predicted octanol–water partition coefficient (Wildman–Crippen LogP) is 9.19. The number of carbonyl (C=O) groups is 1. The summed E-state index contributed by atoms with van der Waals surface area (Å²) in [6, 6.07) is 10.2. The summed E-state index contributed by atoms with van der Waals surface area (Å²) in [5, 5.41) is 0.174. The second-order valence-corrected chi connectivity index (χ2v) is 22.8. The summed E-state index contributed by atoms with van der Waals surface area (Å²) in [7, 11) is -5.42. The van der Waals surface area contributed by atoms with Crippen molar-refractivity contribution in [2.24, 2.45) is 16.7 Å². The molecular formula is C38H61NO5SSi. The van der Waals surface area contributed by atoms with Gasteiger partial charge in [-0.3, -0.25) is 4.79 Å². The van der Waals surface area contributed by atoms with E-state index in [4.69, 9.17) is 9.16 Å². The highest BCUT2D eigenvalue weighted by Gasteiger charge is 2.72. The molecule has 1 amide bonds. The summed E-state index contributed by atoms with van der Waals surface area (Å²) in [6.45, 7) is 17.2. The van der Waals surface area contributed by atoms with Crippen molar-refractivity contribution in [3.8, 4) is 0 Å². The fourth-order valence-electron chi connectivity index (χ4n) is 7.90. The first-order valence-corrected chi connectivity index (χ1v) is 22.3. The quantitative estimate of drug-likeness (QED) is 0.0715. The van der Waals surface area contributed by atoms with E-state index in [1.807, 2.05) is 12.1 Å². The van der Waals surface area contributed by atoms with Gasteiger partial charge in [0.15, 0.2) is 8.32 Å². The van der Waals surface area contributed by atoms with Crippen molar-refractivity contribution >= 4 is 24.2 Å². The molecule has 258 valence electrons. The zero-order valence-electron chi connectivity index (χ0n) is 29.7. The van der Waals surface area contributed by atoms with Gasteiger partial charge in [-0.25, -0.2) is 12.7 Å². The Hall–Kier alpha value is -1.74. The Morgan fingerprint density at radius 3 is 2.39 bits per heavy atom. The van der Waals surface area contributed by atoms with Gasteiger partial charge in [0.1, 0.15) is 0 Å². The Bertz CT molecular complexity index is 1320. The molecule has 0 N–H and O–H groups in total. The van der Waals surface area contributed by atoms with Crippen LogP contribution in [0.2, 0.25) is 18.1 Å². The molecule has 1 heterocycles. The molecule has 1 spiro atoms. The first kappa shape index (κ1) is 37.1. The zero-order chi connectivity index (χ0) is 33.6. The number of unbranched alkanes of at least 4 members (excludes halogenated alkanes) is 5. The van der Waals surface area contributed by atoms with E-state index in [0.29, 0.717) is 19.1 Å². The number of allylic oxidation sites excluding steroid dienone is 3. The highest BCUT2D eigenvalue weighted by atomic mass is 32.2. The molecule has 4 atom stereocenters. The minimum Gasteiger partial charge on any atom is -0.412 e. The molecule has 46 heavy (non-hydrogen) atoms. The molecule has 4 rings (SSSR count). The number of ether oxygens (including phenoxy) is 1. The number of amides is 1. The number of benzene rings is 1. The summed E-state index contributed by atoms with van der Waals surface area (Å²) < 4.78 is 40.2. The third-order valence-electron chi connectivity index (χ3n) is 11.9. The molecular weight excluding hydrogens is 611 g/mol. The van der Waals surface area contributed by atoms with Crippen molar-refractivity contribution in [1.29, 1.82) is 0 Å². The molecule has 8 heteroatoms. The molecule has 6 nitrogen and oxygen atoms in total. The van der Waals surface area contributed by atoms with Gasteiger partial charge in [0.2, 0.25) is 10.0 Å². The van der Waals surface area contributed by atoms with Gasteiger partial charge < -0.3 is 9.16 Å². The molecule has 1 saturated heterocycles. The van der Waals surface area contributed by atoms with Crippen LogP contribution in [0.3, 0.4) is 0 Å². The Labute approximate surface area is 281 Å². The van der Waals surface area contributed by atoms with Crippen LogP contribution in [0, 0.1) is 16.7 Å². The van der Waals surface area contributed by atoms with Crippen LogP contribution in [0.5, 0.6) is 0 Å². The van der Waals surface area contributed by atoms with Crippen molar-refractivity contribution < 1.29 is 22.4 Å². The molecule has 2 aliphatic carbocycles. The molecule has 2 bridgehead atoms. The van der Waals surface area contributed by atoms with Crippen LogP contribution in [0.1, 0.15) is 111 Å². The van der Waals surface area contributed by atoms with Gasteiger partial charge in [-0.2, -0.15) is 0 Å². The van der Waals surface area contributed by atoms with Crippen molar-refractivity contribution in [3.63, 3.8) is 0 Å². The summed E-state index contributed by atoms with van der Waals surface area (Å²) in [5.41, 5.74) is 0.911. The van der Waals surface area contributed by atoms with E-state index < -0.39 is 18.3 Å². The predicted molar refractivity (Wildman–Crippen MR) is 191 cm³/mol. The minimum atomic E-state index is -3.55. The number of hydrogen-bond acceptors (Lipinski definition) is 5. The highest BCUT2D eigenvalue weighted by Crippen LogP contribution is 2.70. The van der Waals surface area contributed by atoms with Crippen LogP contribution in [0.25, 0.3) is 0 Å². The number of rotatable bonds is 17. The monoisotopic (exact) mass is 671 g/mol. The summed E-state index contributed by atoms with van der Waals surface area (Å²) in [4.78, 5) is 13.0. The van der Waals surface area contributed by atoms with E-state index in [1.165, 1.54) is 28.8 Å². The van der Waals surface area contributed by atoms with Gasteiger partial charge in [0.25, 0.3) is 5.91 Å². The Balaban J connectivity index is 1.11. The lowest BCUT2D eigenvalue weighted by molar-refractivity contribution is -0.124. The van der Waals surface area contributed by atoms with Crippen LogP contribution in [-0.2, 0) is 30.6 Å². The molecule has 0 unspecified atom stereocenters. The normalized spacial score (nSPS) is 25.9. The maximum atomic E-state index is 13.1. The van der Waals surface area contributed by atoms with Crippen LogP contribution in [-0.4, -0.2) is 51.5 Å². The van der Waals surface area contributed by atoms with Crippen molar-refractivity contribution in [2.45, 2.75) is 142 Å².